The lowest BCUT2D eigenvalue weighted by molar-refractivity contribution is 0.278. The van der Waals surface area contributed by atoms with Gasteiger partial charge in [0, 0.05) is 35.2 Å². The zero-order valence-electron chi connectivity index (χ0n) is 9.20. The number of benzene rings is 1. The Morgan fingerprint density at radius 3 is 2.94 bits per heavy atom. The summed E-state index contributed by atoms with van der Waals surface area (Å²) in [6.45, 7) is 1.55. The van der Waals surface area contributed by atoms with Crippen LogP contribution in [0.4, 0.5) is 0 Å². The smallest absolute Gasteiger partial charge is 0.0610 e. The number of hydrogen-bond acceptors (Lipinski definition) is 2. The third kappa shape index (κ3) is 2.07. The third-order valence-corrected chi connectivity index (χ3v) is 2.87. The Morgan fingerprint density at radius 2 is 2.25 bits per heavy atom. The van der Waals surface area contributed by atoms with E-state index < -0.39 is 0 Å². The van der Waals surface area contributed by atoms with Gasteiger partial charge in [0.05, 0.1) is 6.61 Å². The summed E-state index contributed by atoms with van der Waals surface area (Å²) in [5, 5.41) is 14.1. The van der Waals surface area contributed by atoms with Gasteiger partial charge in [-0.2, -0.15) is 0 Å². The fraction of sp³-hybridized carbons (Fsp3) is 0.333. The maximum atomic E-state index is 9.02. The van der Waals surface area contributed by atoms with Crippen molar-refractivity contribution < 1.29 is 5.11 Å². The summed E-state index contributed by atoms with van der Waals surface area (Å²) >= 11 is 5.99. The number of halogens is 1. The van der Waals surface area contributed by atoms with Crippen molar-refractivity contribution in [1.82, 2.24) is 9.88 Å². The molecule has 0 aliphatic rings. The molecule has 0 bridgehead atoms. The molecule has 0 saturated heterocycles. The van der Waals surface area contributed by atoms with Crippen LogP contribution in [0.1, 0.15) is 5.56 Å². The Labute approximate surface area is 99.6 Å². The van der Waals surface area contributed by atoms with Crippen molar-refractivity contribution >= 4 is 22.5 Å². The molecule has 0 amide bonds. The van der Waals surface area contributed by atoms with E-state index >= 15 is 0 Å². The molecule has 3 nitrogen and oxygen atoms in total. The molecule has 0 unspecified atom stereocenters. The fourth-order valence-corrected chi connectivity index (χ4v) is 2.13. The van der Waals surface area contributed by atoms with Crippen molar-refractivity contribution in [1.29, 1.82) is 0 Å². The minimum atomic E-state index is 0.134. The molecule has 0 radical (unpaired) electrons. The van der Waals surface area contributed by atoms with Crippen molar-refractivity contribution in [3.8, 4) is 0 Å². The first-order valence-electron chi connectivity index (χ1n) is 5.29. The first kappa shape index (κ1) is 11.5. The minimum Gasteiger partial charge on any atom is -0.395 e. The third-order valence-electron chi connectivity index (χ3n) is 2.63. The number of hydrogen-bond donors (Lipinski definition) is 2. The second-order valence-corrected chi connectivity index (χ2v) is 4.20. The summed E-state index contributed by atoms with van der Waals surface area (Å²) in [7, 11) is 1.92. The van der Waals surface area contributed by atoms with E-state index in [1.807, 2.05) is 29.8 Å². The minimum absolute atomic E-state index is 0.134. The van der Waals surface area contributed by atoms with E-state index in [9.17, 15) is 0 Å². The SMILES string of the molecule is CNCc1cn(CCO)c2cc(Cl)ccc12. The molecule has 4 heteroatoms. The van der Waals surface area contributed by atoms with Crippen LogP contribution >= 0.6 is 11.6 Å². The Bertz CT molecular complexity index is 493. The Balaban J connectivity index is 2.56. The summed E-state index contributed by atoms with van der Waals surface area (Å²) in [6.07, 6.45) is 2.06. The van der Waals surface area contributed by atoms with Crippen LogP contribution in [0.3, 0.4) is 0 Å². The Morgan fingerprint density at radius 1 is 1.44 bits per heavy atom. The number of aromatic nitrogens is 1. The maximum absolute atomic E-state index is 9.02. The van der Waals surface area contributed by atoms with Crippen molar-refractivity contribution in [3.63, 3.8) is 0 Å². The predicted octanol–water partition coefficient (Wildman–Crippen LogP) is 2.01. The number of aliphatic hydroxyl groups is 1. The van der Waals surface area contributed by atoms with Gasteiger partial charge >= 0.3 is 0 Å². The average molecular weight is 239 g/mol. The normalized spacial score (nSPS) is 11.2. The van der Waals surface area contributed by atoms with Gasteiger partial charge in [-0.1, -0.05) is 17.7 Å². The van der Waals surface area contributed by atoms with Crippen LogP contribution in [0.5, 0.6) is 0 Å². The summed E-state index contributed by atoms with van der Waals surface area (Å²) in [5.41, 5.74) is 2.30. The Kier molecular flexibility index (Phi) is 3.49. The Hall–Kier alpha value is -1.03. The largest absolute Gasteiger partial charge is 0.395 e. The van der Waals surface area contributed by atoms with Gasteiger partial charge in [0.15, 0.2) is 0 Å². The molecule has 0 spiro atoms. The highest BCUT2D eigenvalue weighted by Gasteiger charge is 2.07. The molecule has 0 aliphatic heterocycles. The maximum Gasteiger partial charge on any atom is 0.0610 e. The quantitative estimate of drug-likeness (QED) is 0.855. The molecule has 2 aromatic rings. The number of nitrogens with one attached hydrogen (secondary N) is 1. The summed E-state index contributed by atoms with van der Waals surface area (Å²) < 4.78 is 2.04. The second kappa shape index (κ2) is 4.87. The monoisotopic (exact) mass is 238 g/mol. The lowest BCUT2D eigenvalue weighted by Crippen LogP contribution is -2.04. The number of fused-ring (bicyclic) bond motifs is 1. The number of aliphatic hydroxyl groups excluding tert-OH is 1. The standard InChI is InChI=1S/C12H15ClN2O/c1-14-7-9-8-15(4-5-16)12-6-10(13)2-3-11(9)12/h2-3,6,8,14,16H,4-5,7H2,1H3. The molecule has 1 aromatic heterocycles. The van der Waals surface area contributed by atoms with Crippen molar-refractivity contribution in [2.45, 2.75) is 13.1 Å². The fourth-order valence-electron chi connectivity index (χ4n) is 1.97. The van der Waals surface area contributed by atoms with Crippen LogP contribution in [0.25, 0.3) is 10.9 Å². The van der Waals surface area contributed by atoms with Crippen molar-refractivity contribution in [2.75, 3.05) is 13.7 Å². The van der Waals surface area contributed by atoms with Crippen LogP contribution in [-0.2, 0) is 13.1 Å². The van der Waals surface area contributed by atoms with Crippen LogP contribution < -0.4 is 5.32 Å². The molecule has 16 heavy (non-hydrogen) atoms. The van der Waals surface area contributed by atoms with Gasteiger partial charge in [0.1, 0.15) is 0 Å². The summed E-state index contributed by atoms with van der Waals surface area (Å²) in [4.78, 5) is 0. The highest BCUT2D eigenvalue weighted by Crippen LogP contribution is 2.24. The van der Waals surface area contributed by atoms with Crippen LogP contribution in [0.15, 0.2) is 24.4 Å². The molecule has 2 rings (SSSR count). The summed E-state index contributed by atoms with van der Waals surface area (Å²) in [6, 6.07) is 5.86. The zero-order valence-corrected chi connectivity index (χ0v) is 9.96. The molecule has 0 fully saturated rings. The van der Waals surface area contributed by atoms with Gasteiger partial charge in [-0.3, -0.25) is 0 Å². The lowest BCUT2D eigenvalue weighted by atomic mass is 10.2. The molecule has 1 heterocycles. The lowest BCUT2D eigenvalue weighted by Gasteiger charge is -2.01. The number of rotatable bonds is 4. The van der Waals surface area contributed by atoms with Crippen molar-refractivity contribution in [2.24, 2.45) is 0 Å². The molecule has 1 aromatic carbocycles. The highest BCUT2D eigenvalue weighted by atomic mass is 35.5. The molecule has 0 atom stereocenters. The first-order chi connectivity index (χ1) is 7.76. The molecular formula is C12H15ClN2O. The molecule has 0 saturated carbocycles. The van der Waals surface area contributed by atoms with Gasteiger partial charge in [-0.25, -0.2) is 0 Å². The second-order valence-electron chi connectivity index (χ2n) is 3.76. The first-order valence-corrected chi connectivity index (χ1v) is 5.67. The zero-order chi connectivity index (χ0) is 11.5. The highest BCUT2D eigenvalue weighted by molar-refractivity contribution is 6.31. The van der Waals surface area contributed by atoms with Crippen LogP contribution in [0, 0.1) is 0 Å². The van der Waals surface area contributed by atoms with E-state index in [0.29, 0.717) is 6.54 Å². The van der Waals surface area contributed by atoms with E-state index in [1.165, 1.54) is 10.9 Å². The predicted molar refractivity (Wildman–Crippen MR) is 66.8 cm³/mol. The van der Waals surface area contributed by atoms with Crippen LogP contribution in [0.2, 0.25) is 5.02 Å². The van der Waals surface area contributed by atoms with Gasteiger partial charge in [0.2, 0.25) is 0 Å². The number of nitrogens with zero attached hydrogens (tertiary/aromatic N) is 1. The summed E-state index contributed by atoms with van der Waals surface area (Å²) in [5.74, 6) is 0. The van der Waals surface area contributed by atoms with E-state index in [1.54, 1.807) is 0 Å². The molecule has 86 valence electrons. The van der Waals surface area contributed by atoms with E-state index in [4.69, 9.17) is 16.7 Å². The van der Waals surface area contributed by atoms with E-state index in [0.717, 1.165) is 17.1 Å². The van der Waals surface area contributed by atoms with Gasteiger partial charge in [-0.15, -0.1) is 0 Å². The van der Waals surface area contributed by atoms with Gasteiger partial charge in [-0.05, 0) is 24.7 Å². The van der Waals surface area contributed by atoms with E-state index in [2.05, 4.69) is 11.5 Å². The van der Waals surface area contributed by atoms with Gasteiger partial charge < -0.3 is 15.0 Å². The van der Waals surface area contributed by atoms with Gasteiger partial charge in [0.25, 0.3) is 0 Å². The van der Waals surface area contributed by atoms with Crippen molar-refractivity contribution in [3.05, 3.63) is 35.0 Å². The average Bonchev–Trinajstić information content (AvgIpc) is 2.58. The van der Waals surface area contributed by atoms with E-state index in [-0.39, 0.29) is 6.61 Å². The molecular weight excluding hydrogens is 224 g/mol. The molecule has 2 N–H and O–H groups in total. The topological polar surface area (TPSA) is 37.2 Å². The molecule has 0 aliphatic carbocycles. The van der Waals surface area contributed by atoms with Crippen LogP contribution in [-0.4, -0.2) is 23.3 Å².